The second-order valence-corrected chi connectivity index (χ2v) is 3.62. The smallest absolute Gasteiger partial charge is 1.00 e. The Morgan fingerprint density at radius 2 is 1.29 bits per heavy atom. The summed E-state index contributed by atoms with van der Waals surface area (Å²) in [4.78, 5) is 0. The Morgan fingerprint density at radius 1 is 0.929 bits per heavy atom. The molecule has 1 radical (unpaired) electrons. The molecule has 0 spiro atoms. The summed E-state index contributed by atoms with van der Waals surface area (Å²) >= 11 is 0. The average molecular weight is 333 g/mol. The molecule has 0 unspecified atom stereocenters. The van der Waals surface area contributed by atoms with Gasteiger partial charge in [0.25, 0.3) is 0 Å². The Morgan fingerprint density at radius 3 is 1.36 bits per heavy atom. The van der Waals surface area contributed by atoms with Crippen LogP contribution in [-0.2, 0) is 26.2 Å². The zero-order chi connectivity index (χ0) is 7.94. The van der Waals surface area contributed by atoms with Crippen molar-refractivity contribution in [3.05, 3.63) is 22.8 Å². The maximum Gasteiger partial charge on any atom is 3.00 e. The molecule has 0 N–H and O–H groups in total. The third-order valence-corrected chi connectivity index (χ3v) is 2.56. The topological polar surface area (TPSA) is 0 Å². The van der Waals surface area contributed by atoms with Crippen molar-refractivity contribution in [2.45, 2.75) is 34.6 Å². The van der Waals surface area contributed by atoms with Gasteiger partial charge in [-0.1, -0.05) is 33.1 Å². The second kappa shape index (κ2) is 8.39. The summed E-state index contributed by atoms with van der Waals surface area (Å²) in [5.41, 5.74) is 4.39. The van der Waals surface area contributed by atoms with Crippen molar-refractivity contribution in [2.24, 2.45) is 5.41 Å². The molecule has 1 rings (SSSR count). The Balaban J connectivity index is -0.000000125. The fraction of sp³-hybridized carbons (Fsp3) is 0.600. The van der Waals surface area contributed by atoms with Gasteiger partial charge in [0, 0.05) is 0 Å². The predicted octanol–water partition coefficient (Wildman–Crippen LogP) is -5.88. The van der Waals surface area contributed by atoms with Gasteiger partial charge in [0.2, 0.25) is 0 Å². The van der Waals surface area contributed by atoms with E-state index in [2.05, 4.69) is 40.7 Å². The van der Waals surface area contributed by atoms with E-state index in [4.69, 9.17) is 0 Å². The molecule has 0 saturated heterocycles. The fourth-order valence-corrected chi connectivity index (χ4v) is 1.41. The summed E-state index contributed by atoms with van der Waals surface area (Å²) in [7, 11) is 0. The van der Waals surface area contributed by atoms with Crippen molar-refractivity contribution < 1.29 is 63.4 Å². The first-order valence-electron chi connectivity index (χ1n) is 3.75. The van der Waals surface area contributed by atoms with Crippen molar-refractivity contribution in [1.29, 1.82) is 0 Å². The number of hydrogen-bond donors (Lipinski definition) is 0. The molecule has 0 heterocycles. The van der Waals surface area contributed by atoms with E-state index in [1.54, 1.807) is 0 Å². The summed E-state index contributed by atoms with van der Waals surface area (Å²) in [6, 6.07) is 0. The van der Waals surface area contributed by atoms with Crippen molar-refractivity contribution >= 4 is 0 Å². The molecule has 0 amide bonds. The SMILES string of the molecule is CC1=[C-]C(C)(C)C(C)=C1C.[Cl-].[Cl-].[Cl-].[Zr+3]. The van der Waals surface area contributed by atoms with Gasteiger partial charge in [0.05, 0.1) is 0 Å². The summed E-state index contributed by atoms with van der Waals surface area (Å²) in [5, 5.41) is 0. The van der Waals surface area contributed by atoms with E-state index < -0.39 is 0 Å². The van der Waals surface area contributed by atoms with E-state index in [-0.39, 0.29) is 68.8 Å². The Labute approximate surface area is 125 Å². The number of allylic oxidation sites excluding steroid dienone is 4. The van der Waals surface area contributed by atoms with Crippen LogP contribution in [-0.4, -0.2) is 0 Å². The van der Waals surface area contributed by atoms with Gasteiger partial charge in [-0.2, -0.15) is 11.1 Å². The molecule has 0 aromatic heterocycles. The zero-order valence-corrected chi connectivity index (χ0v) is 13.9. The molecule has 0 saturated carbocycles. The first kappa shape index (κ1) is 24.5. The molecule has 0 aliphatic heterocycles. The van der Waals surface area contributed by atoms with Crippen molar-refractivity contribution in [3.63, 3.8) is 0 Å². The Kier molecular flexibility index (Phi) is 14.7. The predicted molar refractivity (Wildman–Crippen MR) is 44.6 cm³/mol. The molecule has 4 heteroatoms. The zero-order valence-electron chi connectivity index (χ0n) is 9.13. The summed E-state index contributed by atoms with van der Waals surface area (Å²) in [6.07, 6.45) is 3.44. The van der Waals surface area contributed by atoms with Crippen LogP contribution >= 0.6 is 0 Å². The summed E-state index contributed by atoms with van der Waals surface area (Å²) in [6.45, 7) is 10.9. The average Bonchev–Trinajstić information content (AvgIpc) is 1.95. The molecule has 0 aromatic carbocycles. The molecule has 0 atom stereocenters. The third kappa shape index (κ3) is 4.84. The molecular weight excluding hydrogens is 318 g/mol. The molecule has 81 valence electrons. The Bertz CT molecular complexity index is 230. The van der Waals surface area contributed by atoms with Gasteiger partial charge in [-0.25, -0.2) is 5.57 Å². The molecule has 1 aliphatic carbocycles. The van der Waals surface area contributed by atoms with Crippen LogP contribution in [0, 0.1) is 11.5 Å². The minimum absolute atomic E-state index is 0. The van der Waals surface area contributed by atoms with E-state index in [0.717, 1.165) is 0 Å². The Hall–Kier alpha value is 1.23. The summed E-state index contributed by atoms with van der Waals surface area (Å²) in [5.74, 6) is 0. The monoisotopic (exact) mass is 330 g/mol. The summed E-state index contributed by atoms with van der Waals surface area (Å²) < 4.78 is 0. The normalized spacial score (nSPS) is 16.8. The van der Waals surface area contributed by atoms with Crippen molar-refractivity contribution in [2.75, 3.05) is 0 Å². The van der Waals surface area contributed by atoms with Crippen LogP contribution in [0.1, 0.15) is 34.6 Å². The van der Waals surface area contributed by atoms with E-state index in [0.29, 0.717) is 0 Å². The molecular formula is C10H15Cl3Zr-. The number of rotatable bonds is 0. The largest absolute Gasteiger partial charge is 3.00 e. The van der Waals surface area contributed by atoms with Crippen LogP contribution in [0.25, 0.3) is 0 Å². The van der Waals surface area contributed by atoms with Gasteiger partial charge >= 0.3 is 26.2 Å². The van der Waals surface area contributed by atoms with Crippen LogP contribution in [0.3, 0.4) is 0 Å². The van der Waals surface area contributed by atoms with E-state index in [1.165, 1.54) is 16.7 Å². The van der Waals surface area contributed by atoms with Gasteiger partial charge in [-0.05, 0) is 0 Å². The molecule has 0 fully saturated rings. The van der Waals surface area contributed by atoms with Crippen molar-refractivity contribution in [1.82, 2.24) is 0 Å². The van der Waals surface area contributed by atoms with Crippen molar-refractivity contribution in [3.8, 4) is 0 Å². The van der Waals surface area contributed by atoms with Gasteiger partial charge in [0.15, 0.2) is 0 Å². The molecule has 1 aliphatic rings. The second-order valence-electron chi connectivity index (χ2n) is 3.62. The molecule has 0 nitrogen and oxygen atoms in total. The van der Waals surface area contributed by atoms with Crippen LogP contribution in [0.4, 0.5) is 0 Å². The van der Waals surface area contributed by atoms with Gasteiger partial charge in [-0.3, -0.25) is 6.08 Å². The fourth-order valence-electron chi connectivity index (χ4n) is 1.41. The number of hydrogen-bond acceptors (Lipinski definition) is 0. The quantitative estimate of drug-likeness (QED) is 0.388. The minimum atomic E-state index is 0. The molecule has 0 bridgehead atoms. The molecule has 14 heavy (non-hydrogen) atoms. The first-order valence-corrected chi connectivity index (χ1v) is 3.75. The number of halogens is 3. The van der Waals surface area contributed by atoms with E-state index in [1.807, 2.05) is 0 Å². The standard InChI is InChI=1S/C10H15.3ClH.Zr/c1-7-6-10(4,5)9(3)8(7)2;;;;/h1-5H3;3*1H;/q-1;;;;+3/p-3. The maximum atomic E-state index is 3.44. The minimum Gasteiger partial charge on any atom is -1.00 e. The van der Waals surface area contributed by atoms with Crippen LogP contribution in [0.5, 0.6) is 0 Å². The van der Waals surface area contributed by atoms with E-state index in [9.17, 15) is 0 Å². The van der Waals surface area contributed by atoms with Crippen LogP contribution in [0.15, 0.2) is 16.7 Å². The van der Waals surface area contributed by atoms with Gasteiger partial charge < -0.3 is 37.2 Å². The maximum absolute atomic E-state index is 3.44. The van der Waals surface area contributed by atoms with E-state index >= 15 is 0 Å². The first-order chi connectivity index (χ1) is 4.45. The third-order valence-electron chi connectivity index (χ3n) is 2.56. The van der Waals surface area contributed by atoms with Gasteiger partial charge in [0.1, 0.15) is 0 Å². The van der Waals surface area contributed by atoms with Gasteiger partial charge in [-0.15, -0.1) is 6.92 Å². The van der Waals surface area contributed by atoms with Crippen LogP contribution in [0.2, 0.25) is 0 Å². The molecule has 0 aromatic rings. The van der Waals surface area contributed by atoms with Crippen LogP contribution < -0.4 is 37.2 Å².